The quantitative estimate of drug-likeness (QED) is 0.601. The highest BCUT2D eigenvalue weighted by Crippen LogP contribution is 2.36. The average Bonchev–Trinajstić information content (AvgIpc) is 2.67. The number of H-pyrrole nitrogens is 1. The van der Waals surface area contributed by atoms with Crippen LogP contribution in [0.25, 0.3) is 0 Å². The van der Waals surface area contributed by atoms with Crippen molar-refractivity contribution in [2.45, 2.75) is 25.9 Å². The van der Waals surface area contributed by atoms with Gasteiger partial charge in [0.2, 0.25) is 5.95 Å². The molecule has 0 amide bonds. The summed E-state index contributed by atoms with van der Waals surface area (Å²) < 4.78 is 49.1. The van der Waals surface area contributed by atoms with Crippen LogP contribution in [0.1, 0.15) is 23.2 Å². The van der Waals surface area contributed by atoms with Crippen molar-refractivity contribution in [3.05, 3.63) is 51.4 Å². The maximum absolute atomic E-state index is 13.0. The van der Waals surface area contributed by atoms with Crippen molar-refractivity contribution in [1.29, 1.82) is 0 Å². The van der Waals surface area contributed by atoms with Gasteiger partial charge in [-0.05, 0) is 25.5 Å². The van der Waals surface area contributed by atoms with Crippen LogP contribution in [-0.4, -0.2) is 42.2 Å². The molecule has 29 heavy (non-hydrogen) atoms. The second-order valence-corrected chi connectivity index (χ2v) is 6.52. The third-order valence-corrected chi connectivity index (χ3v) is 4.52. The number of carbonyl (C=O) groups is 1. The van der Waals surface area contributed by atoms with Gasteiger partial charge in [-0.25, -0.2) is 4.98 Å². The Kier molecular flexibility index (Phi) is 6.21. The number of hydrogen-bond acceptors (Lipinski definition) is 6. The molecule has 1 aliphatic rings. The number of aromatic nitrogens is 2. The summed E-state index contributed by atoms with van der Waals surface area (Å²) in [6.07, 6.45) is -4.89. The van der Waals surface area contributed by atoms with Gasteiger partial charge in [0.15, 0.2) is 0 Å². The van der Waals surface area contributed by atoms with Gasteiger partial charge in [-0.2, -0.15) is 13.2 Å². The van der Waals surface area contributed by atoms with E-state index in [0.717, 1.165) is 12.1 Å². The molecule has 0 spiro atoms. The number of nitrogens with zero attached hydrogens (tertiary/aromatic N) is 2. The fourth-order valence-corrected chi connectivity index (χ4v) is 3.01. The number of nitrogens with one attached hydrogen (secondary N) is 1. The van der Waals surface area contributed by atoms with Crippen molar-refractivity contribution in [1.82, 2.24) is 9.97 Å². The van der Waals surface area contributed by atoms with Gasteiger partial charge in [0.1, 0.15) is 5.75 Å². The predicted octanol–water partition coefficient (Wildman–Crippen LogP) is 2.47. The molecule has 3 rings (SSSR count). The largest absolute Gasteiger partial charge is 0.426 e. The first kappa shape index (κ1) is 20.8. The molecule has 0 unspecified atom stereocenters. The van der Waals surface area contributed by atoms with Gasteiger partial charge in [-0.1, -0.05) is 12.1 Å². The summed E-state index contributed by atoms with van der Waals surface area (Å²) in [6, 6.07) is 4.48. The fraction of sp³-hybridized carbons (Fsp3) is 0.421. The second kappa shape index (κ2) is 8.64. The molecule has 0 atom stereocenters. The Balaban J connectivity index is 1.67. The van der Waals surface area contributed by atoms with Gasteiger partial charge < -0.3 is 14.4 Å². The van der Waals surface area contributed by atoms with Gasteiger partial charge in [0.25, 0.3) is 5.56 Å². The monoisotopic (exact) mass is 411 g/mol. The van der Waals surface area contributed by atoms with Crippen molar-refractivity contribution >= 4 is 11.9 Å². The SMILES string of the molecule is Cc1nc(N2CCOCC2)[nH]c(=O)c1CCC(=O)Oc1ccccc1C(F)(F)F. The van der Waals surface area contributed by atoms with E-state index in [2.05, 4.69) is 9.97 Å². The van der Waals surface area contributed by atoms with E-state index in [4.69, 9.17) is 9.47 Å². The summed E-state index contributed by atoms with van der Waals surface area (Å²) in [5.41, 5.74) is -0.664. The first-order valence-electron chi connectivity index (χ1n) is 9.05. The molecular weight excluding hydrogens is 391 g/mol. The minimum Gasteiger partial charge on any atom is -0.426 e. The number of morpholine rings is 1. The summed E-state index contributed by atoms with van der Waals surface area (Å²) in [5.74, 6) is -0.990. The smallest absolute Gasteiger partial charge is 0.419 e. The van der Waals surface area contributed by atoms with Gasteiger partial charge in [-0.3, -0.25) is 14.6 Å². The number of rotatable bonds is 5. The van der Waals surface area contributed by atoms with E-state index in [1.807, 2.05) is 4.90 Å². The van der Waals surface area contributed by atoms with Crippen LogP contribution in [0.3, 0.4) is 0 Å². The Bertz CT molecular complexity index is 937. The summed E-state index contributed by atoms with van der Waals surface area (Å²) in [6.45, 7) is 3.93. The topological polar surface area (TPSA) is 84.5 Å². The van der Waals surface area contributed by atoms with Crippen LogP contribution in [0.4, 0.5) is 19.1 Å². The highest BCUT2D eigenvalue weighted by Gasteiger charge is 2.34. The number of hydrogen-bond donors (Lipinski definition) is 1. The highest BCUT2D eigenvalue weighted by molar-refractivity contribution is 5.73. The highest BCUT2D eigenvalue weighted by atomic mass is 19.4. The lowest BCUT2D eigenvalue weighted by Gasteiger charge is -2.27. The standard InChI is InChI=1S/C19H20F3N3O4/c1-12-13(17(27)24-18(23-12)25-8-10-28-11-9-25)6-7-16(26)29-15-5-3-2-4-14(15)19(20,21)22/h2-5H,6-11H2,1H3,(H,23,24,27). The maximum atomic E-state index is 13.0. The molecule has 0 aliphatic carbocycles. The van der Waals surface area contributed by atoms with Crippen LogP contribution < -0.4 is 15.2 Å². The number of alkyl halides is 3. The molecular formula is C19H20F3N3O4. The van der Waals surface area contributed by atoms with Crippen LogP contribution in [0.15, 0.2) is 29.1 Å². The van der Waals surface area contributed by atoms with Crippen LogP contribution in [0.5, 0.6) is 5.75 Å². The molecule has 2 aromatic rings. The zero-order chi connectivity index (χ0) is 21.0. The van der Waals surface area contributed by atoms with Crippen molar-refractivity contribution in [2.24, 2.45) is 0 Å². The molecule has 0 radical (unpaired) electrons. The van der Waals surface area contributed by atoms with Gasteiger partial charge in [-0.15, -0.1) is 0 Å². The minimum atomic E-state index is -4.64. The van der Waals surface area contributed by atoms with E-state index in [9.17, 15) is 22.8 Å². The number of ether oxygens (including phenoxy) is 2. The van der Waals surface area contributed by atoms with E-state index >= 15 is 0 Å². The molecule has 1 fully saturated rings. The number of halogens is 3. The van der Waals surface area contributed by atoms with E-state index in [1.54, 1.807) is 6.92 Å². The molecule has 1 aromatic heterocycles. The van der Waals surface area contributed by atoms with Crippen molar-refractivity contribution in [2.75, 3.05) is 31.2 Å². The van der Waals surface area contributed by atoms with Crippen molar-refractivity contribution in [3.63, 3.8) is 0 Å². The zero-order valence-corrected chi connectivity index (χ0v) is 15.7. The average molecular weight is 411 g/mol. The Hall–Kier alpha value is -2.88. The number of anilines is 1. The number of benzene rings is 1. The molecule has 1 aliphatic heterocycles. The minimum absolute atomic E-state index is 0.00454. The second-order valence-electron chi connectivity index (χ2n) is 6.52. The third kappa shape index (κ3) is 5.14. The lowest BCUT2D eigenvalue weighted by atomic mass is 10.1. The molecule has 0 bridgehead atoms. The van der Waals surface area contributed by atoms with Crippen LogP contribution in [-0.2, 0) is 22.1 Å². The van der Waals surface area contributed by atoms with E-state index < -0.39 is 23.5 Å². The Morgan fingerprint density at radius 1 is 1.28 bits per heavy atom. The van der Waals surface area contributed by atoms with E-state index in [-0.39, 0.29) is 18.4 Å². The first-order valence-corrected chi connectivity index (χ1v) is 9.05. The number of para-hydroxylation sites is 1. The number of carbonyl (C=O) groups excluding carboxylic acids is 1. The van der Waals surface area contributed by atoms with Gasteiger partial charge >= 0.3 is 12.1 Å². The third-order valence-electron chi connectivity index (χ3n) is 4.52. The molecule has 10 heteroatoms. The number of aromatic amines is 1. The van der Waals surface area contributed by atoms with Gasteiger partial charge in [0, 0.05) is 24.3 Å². The predicted molar refractivity (Wildman–Crippen MR) is 98.0 cm³/mol. The zero-order valence-electron chi connectivity index (χ0n) is 15.7. The fourth-order valence-electron chi connectivity index (χ4n) is 3.01. The van der Waals surface area contributed by atoms with E-state index in [0.29, 0.717) is 43.5 Å². The Morgan fingerprint density at radius 2 is 1.97 bits per heavy atom. The summed E-state index contributed by atoms with van der Waals surface area (Å²) >= 11 is 0. The molecule has 156 valence electrons. The van der Waals surface area contributed by atoms with E-state index in [1.165, 1.54) is 12.1 Å². The van der Waals surface area contributed by atoms with Crippen molar-refractivity contribution < 1.29 is 27.4 Å². The Morgan fingerprint density at radius 3 is 2.62 bits per heavy atom. The normalized spacial score (nSPS) is 14.7. The molecule has 7 nitrogen and oxygen atoms in total. The molecule has 0 saturated carbocycles. The lowest BCUT2D eigenvalue weighted by Crippen LogP contribution is -2.38. The number of aryl methyl sites for hydroxylation is 1. The molecule has 1 saturated heterocycles. The van der Waals surface area contributed by atoms with Crippen LogP contribution >= 0.6 is 0 Å². The first-order chi connectivity index (χ1) is 13.8. The molecule has 1 N–H and O–H groups in total. The van der Waals surface area contributed by atoms with Crippen LogP contribution in [0, 0.1) is 6.92 Å². The Labute approximate surface area is 164 Å². The van der Waals surface area contributed by atoms with Crippen LogP contribution in [0.2, 0.25) is 0 Å². The summed E-state index contributed by atoms with van der Waals surface area (Å²) in [7, 11) is 0. The van der Waals surface area contributed by atoms with Gasteiger partial charge in [0.05, 0.1) is 25.2 Å². The molecule has 1 aromatic carbocycles. The summed E-state index contributed by atoms with van der Waals surface area (Å²) in [4.78, 5) is 33.4. The number of esters is 1. The lowest BCUT2D eigenvalue weighted by molar-refractivity contribution is -0.142. The maximum Gasteiger partial charge on any atom is 0.419 e. The van der Waals surface area contributed by atoms with Crippen molar-refractivity contribution in [3.8, 4) is 5.75 Å². The molecule has 2 heterocycles. The summed E-state index contributed by atoms with van der Waals surface area (Å²) in [5, 5.41) is 0.